The number of fused-ring (bicyclic) bond motifs is 1. The Morgan fingerprint density at radius 1 is 1.32 bits per heavy atom. The quantitative estimate of drug-likeness (QED) is 0.906. The molecule has 1 N–H and O–H groups in total. The molecule has 1 unspecified atom stereocenters. The van der Waals surface area contributed by atoms with Crippen molar-refractivity contribution < 1.29 is 0 Å². The maximum absolute atomic E-state index is 4.73. The van der Waals surface area contributed by atoms with Gasteiger partial charge in [0, 0.05) is 24.9 Å². The minimum atomic E-state index is 0.802. The molecule has 0 spiro atoms. The minimum absolute atomic E-state index is 0.802. The molecule has 0 amide bonds. The van der Waals surface area contributed by atoms with Gasteiger partial charge in [-0.15, -0.1) is 0 Å². The average molecular weight is 261 g/mol. The Bertz CT molecular complexity index is 416. The highest BCUT2D eigenvalue weighted by Crippen LogP contribution is 2.28. The summed E-state index contributed by atoms with van der Waals surface area (Å²) < 4.78 is 2.51. The lowest BCUT2D eigenvalue weighted by atomic mass is 9.86. The Hall–Kier alpha value is -0.830. The predicted octanol–water partition coefficient (Wildman–Crippen LogP) is 2.64. The van der Waals surface area contributed by atoms with Crippen molar-refractivity contribution in [3.8, 4) is 0 Å². The molecule has 0 saturated carbocycles. The molecular formula is C16H27N3. The zero-order valence-electron chi connectivity index (χ0n) is 12.4. The summed E-state index contributed by atoms with van der Waals surface area (Å²) >= 11 is 0. The molecule has 19 heavy (non-hydrogen) atoms. The van der Waals surface area contributed by atoms with Crippen LogP contribution in [0.2, 0.25) is 0 Å². The fraction of sp³-hybridized carbons (Fsp3) is 0.812. The second-order valence-corrected chi connectivity index (χ2v) is 6.71. The third-order valence-corrected chi connectivity index (χ3v) is 5.09. The first-order valence-corrected chi connectivity index (χ1v) is 7.98. The molecule has 3 nitrogen and oxygen atoms in total. The molecule has 1 aromatic heterocycles. The van der Waals surface area contributed by atoms with Crippen LogP contribution in [-0.4, -0.2) is 22.6 Å². The van der Waals surface area contributed by atoms with Crippen molar-refractivity contribution in [1.82, 2.24) is 14.9 Å². The van der Waals surface area contributed by atoms with Crippen molar-refractivity contribution in [2.24, 2.45) is 17.8 Å². The van der Waals surface area contributed by atoms with Gasteiger partial charge in [-0.2, -0.15) is 0 Å². The van der Waals surface area contributed by atoms with Crippen LogP contribution in [-0.2, 0) is 19.4 Å². The Kier molecular flexibility index (Phi) is 3.92. The molecule has 1 fully saturated rings. The lowest BCUT2D eigenvalue weighted by Crippen LogP contribution is -2.30. The summed E-state index contributed by atoms with van der Waals surface area (Å²) in [5.41, 5.74) is 1.48. The fourth-order valence-corrected chi connectivity index (χ4v) is 3.63. The lowest BCUT2D eigenvalue weighted by Gasteiger charge is -2.28. The monoisotopic (exact) mass is 261 g/mol. The third-order valence-electron chi connectivity index (χ3n) is 5.09. The summed E-state index contributed by atoms with van der Waals surface area (Å²) in [5, 5.41) is 3.45. The fourth-order valence-electron chi connectivity index (χ4n) is 3.63. The summed E-state index contributed by atoms with van der Waals surface area (Å²) in [4.78, 5) is 4.73. The second kappa shape index (κ2) is 5.66. The van der Waals surface area contributed by atoms with E-state index in [1.807, 2.05) is 0 Å². The summed E-state index contributed by atoms with van der Waals surface area (Å²) in [6.07, 6.45) is 8.53. The third kappa shape index (κ3) is 2.86. The number of nitrogens with zero attached hydrogens (tertiary/aromatic N) is 2. The van der Waals surface area contributed by atoms with Gasteiger partial charge in [0.05, 0.1) is 0 Å². The van der Waals surface area contributed by atoms with Crippen molar-refractivity contribution in [2.75, 3.05) is 13.1 Å². The molecule has 106 valence electrons. The van der Waals surface area contributed by atoms with Gasteiger partial charge in [-0.3, -0.25) is 0 Å². The Balaban J connectivity index is 1.68. The van der Waals surface area contributed by atoms with Gasteiger partial charge in [-0.1, -0.05) is 13.8 Å². The van der Waals surface area contributed by atoms with E-state index in [0.29, 0.717) is 0 Å². The van der Waals surface area contributed by atoms with Gasteiger partial charge >= 0.3 is 0 Å². The van der Waals surface area contributed by atoms with E-state index < -0.39 is 0 Å². The van der Waals surface area contributed by atoms with E-state index >= 15 is 0 Å². The van der Waals surface area contributed by atoms with Gasteiger partial charge in [0.25, 0.3) is 0 Å². The van der Waals surface area contributed by atoms with E-state index in [0.717, 1.165) is 17.8 Å². The Morgan fingerprint density at radius 2 is 2.11 bits per heavy atom. The largest absolute Gasteiger partial charge is 0.332 e. The van der Waals surface area contributed by atoms with Crippen LogP contribution in [0.15, 0.2) is 6.20 Å². The van der Waals surface area contributed by atoms with Crippen molar-refractivity contribution in [3.05, 3.63) is 17.7 Å². The minimum Gasteiger partial charge on any atom is -0.332 e. The van der Waals surface area contributed by atoms with E-state index in [-0.39, 0.29) is 0 Å². The molecule has 1 atom stereocenters. The Labute approximate surface area is 116 Å². The van der Waals surface area contributed by atoms with Crippen LogP contribution in [0.25, 0.3) is 0 Å². The summed E-state index contributed by atoms with van der Waals surface area (Å²) in [7, 11) is 0. The first-order valence-electron chi connectivity index (χ1n) is 7.98. The van der Waals surface area contributed by atoms with E-state index in [4.69, 9.17) is 4.98 Å². The second-order valence-electron chi connectivity index (χ2n) is 6.71. The normalized spacial score (nSPS) is 24.7. The molecule has 2 aliphatic rings. The van der Waals surface area contributed by atoms with Gasteiger partial charge in [0.2, 0.25) is 0 Å². The maximum atomic E-state index is 4.73. The van der Waals surface area contributed by atoms with Crippen LogP contribution < -0.4 is 5.32 Å². The van der Waals surface area contributed by atoms with Crippen LogP contribution in [0.3, 0.4) is 0 Å². The van der Waals surface area contributed by atoms with Gasteiger partial charge < -0.3 is 9.88 Å². The zero-order chi connectivity index (χ0) is 13.2. The van der Waals surface area contributed by atoms with Crippen molar-refractivity contribution >= 4 is 0 Å². The summed E-state index contributed by atoms with van der Waals surface area (Å²) in [6.45, 7) is 8.28. The maximum Gasteiger partial charge on any atom is 0.109 e. The number of hydrogen-bond donors (Lipinski definition) is 1. The molecule has 3 heteroatoms. The highest BCUT2D eigenvalue weighted by atomic mass is 15.1. The standard InChI is InChI=1S/C16H27N3/c1-12(2)14-5-8-19-15(10-14)11-18-16(19)9-13-3-6-17-7-4-13/h11-14,17H,3-10H2,1-2H3. The number of rotatable bonds is 3. The average Bonchev–Trinajstić information content (AvgIpc) is 2.82. The van der Waals surface area contributed by atoms with Crippen LogP contribution >= 0.6 is 0 Å². The number of aromatic nitrogens is 2. The van der Waals surface area contributed by atoms with Crippen LogP contribution in [0, 0.1) is 17.8 Å². The highest BCUT2D eigenvalue weighted by Gasteiger charge is 2.24. The van der Waals surface area contributed by atoms with E-state index in [1.165, 1.54) is 63.3 Å². The molecule has 0 radical (unpaired) electrons. The van der Waals surface area contributed by atoms with E-state index in [1.54, 1.807) is 0 Å². The molecular weight excluding hydrogens is 234 g/mol. The van der Waals surface area contributed by atoms with E-state index in [2.05, 4.69) is 29.9 Å². The van der Waals surface area contributed by atoms with Crippen molar-refractivity contribution in [2.45, 2.75) is 52.5 Å². The molecule has 3 heterocycles. The lowest BCUT2D eigenvalue weighted by molar-refractivity contribution is 0.295. The molecule has 1 saturated heterocycles. The summed E-state index contributed by atoms with van der Waals surface area (Å²) in [5.74, 6) is 3.85. The molecule has 3 rings (SSSR count). The number of piperidine rings is 1. The molecule has 2 aliphatic heterocycles. The van der Waals surface area contributed by atoms with Gasteiger partial charge in [-0.25, -0.2) is 4.98 Å². The van der Waals surface area contributed by atoms with Gasteiger partial charge in [0.15, 0.2) is 0 Å². The first kappa shape index (κ1) is 13.2. The van der Waals surface area contributed by atoms with E-state index in [9.17, 15) is 0 Å². The number of imidazole rings is 1. The first-order chi connectivity index (χ1) is 9.24. The van der Waals surface area contributed by atoms with Gasteiger partial charge in [0.1, 0.15) is 5.82 Å². The molecule has 0 aromatic carbocycles. The number of hydrogen-bond acceptors (Lipinski definition) is 2. The highest BCUT2D eigenvalue weighted by molar-refractivity contribution is 5.10. The smallest absolute Gasteiger partial charge is 0.109 e. The van der Waals surface area contributed by atoms with Crippen LogP contribution in [0.4, 0.5) is 0 Å². The molecule has 0 bridgehead atoms. The Morgan fingerprint density at radius 3 is 2.84 bits per heavy atom. The predicted molar refractivity (Wildman–Crippen MR) is 78.2 cm³/mol. The molecule has 1 aromatic rings. The summed E-state index contributed by atoms with van der Waals surface area (Å²) in [6, 6.07) is 0. The topological polar surface area (TPSA) is 29.9 Å². The van der Waals surface area contributed by atoms with Crippen molar-refractivity contribution in [1.29, 1.82) is 0 Å². The SMILES string of the molecule is CC(C)C1CCn2c(cnc2CC2CCNCC2)C1. The van der Waals surface area contributed by atoms with Crippen LogP contribution in [0.5, 0.6) is 0 Å². The zero-order valence-corrected chi connectivity index (χ0v) is 12.4. The van der Waals surface area contributed by atoms with Gasteiger partial charge in [-0.05, 0) is 56.5 Å². The molecule has 0 aliphatic carbocycles. The van der Waals surface area contributed by atoms with Crippen molar-refractivity contribution in [3.63, 3.8) is 0 Å². The number of nitrogens with one attached hydrogen (secondary N) is 1. The van der Waals surface area contributed by atoms with Crippen LogP contribution in [0.1, 0.15) is 44.6 Å².